The van der Waals surface area contributed by atoms with Crippen LogP contribution in [0.2, 0.25) is 0 Å². The molecular weight excluding hydrogens is 259 g/mol. The highest BCUT2D eigenvalue weighted by atomic mass is 19.4. The van der Waals surface area contributed by atoms with E-state index in [0.29, 0.717) is 19.7 Å². The maximum Gasteiger partial charge on any atom is 0.411 e. The van der Waals surface area contributed by atoms with Gasteiger partial charge >= 0.3 is 6.18 Å². The van der Waals surface area contributed by atoms with Crippen LogP contribution in [0.15, 0.2) is 24.3 Å². The van der Waals surface area contributed by atoms with Crippen molar-refractivity contribution in [3.63, 3.8) is 0 Å². The quantitative estimate of drug-likeness (QED) is 0.808. The smallest absolute Gasteiger partial charge is 0.411 e. The number of rotatable bonds is 6. The second-order valence-electron chi connectivity index (χ2n) is 4.42. The molecule has 1 heterocycles. The van der Waals surface area contributed by atoms with E-state index in [1.54, 1.807) is 0 Å². The van der Waals surface area contributed by atoms with Crippen molar-refractivity contribution in [2.45, 2.75) is 12.1 Å². The minimum atomic E-state index is -4.25. The number of hydrogen-bond acceptors (Lipinski definition) is 3. The summed E-state index contributed by atoms with van der Waals surface area (Å²) in [4.78, 5) is 0. The van der Waals surface area contributed by atoms with Crippen LogP contribution in [0.5, 0.6) is 5.75 Å². The van der Waals surface area contributed by atoms with Gasteiger partial charge in [-0.15, -0.1) is 0 Å². The van der Waals surface area contributed by atoms with Gasteiger partial charge in [-0.1, -0.05) is 18.2 Å². The molecule has 6 heteroatoms. The summed E-state index contributed by atoms with van der Waals surface area (Å²) in [6, 6.07) is 7.79. The molecule has 1 aliphatic heterocycles. The van der Waals surface area contributed by atoms with Gasteiger partial charge in [-0.25, -0.2) is 0 Å². The highest BCUT2D eigenvalue weighted by molar-refractivity contribution is 5.39. The lowest BCUT2D eigenvalue weighted by atomic mass is 10.0. The Morgan fingerprint density at radius 1 is 1.32 bits per heavy atom. The summed E-state index contributed by atoms with van der Waals surface area (Å²) >= 11 is 0. The van der Waals surface area contributed by atoms with Gasteiger partial charge in [0.05, 0.1) is 13.2 Å². The molecule has 1 unspecified atom stereocenters. The molecular formula is C13H16F3NO2. The molecule has 0 radical (unpaired) electrons. The molecule has 0 aliphatic carbocycles. The van der Waals surface area contributed by atoms with Crippen molar-refractivity contribution in [2.75, 3.05) is 32.9 Å². The van der Waals surface area contributed by atoms with Crippen LogP contribution in [0.4, 0.5) is 13.2 Å². The van der Waals surface area contributed by atoms with Gasteiger partial charge in [-0.3, -0.25) is 0 Å². The maximum atomic E-state index is 11.8. The van der Waals surface area contributed by atoms with Crippen molar-refractivity contribution in [1.29, 1.82) is 0 Å². The molecule has 1 aliphatic rings. The first kappa shape index (κ1) is 14.1. The topological polar surface area (TPSA) is 30.5 Å². The number of fused-ring (bicyclic) bond motifs is 1. The summed E-state index contributed by atoms with van der Waals surface area (Å²) in [5.74, 6) is 1.14. The molecule has 1 aromatic rings. The van der Waals surface area contributed by atoms with E-state index >= 15 is 0 Å². The minimum Gasteiger partial charge on any atom is -0.493 e. The van der Waals surface area contributed by atoms with E-state index in [-0.39, 0.29) is 12.5 Å². The van der Waals surface area contributed by atoms with Crippen LogP contribution in [0.1, 0.15) is 11.5 Å². The molecule has 0 fully saturated rings. The lowest BCUT2D eigenvalue weighted by molar-refractivity contribution is -0.173. The van der Waals surface area contributed by atoms with E-state index in [2.05, 4.69) is 10.1 Å². The van der Waals surface area contributed by atoms with Gasteiger partial charge in [0.1, 0.15) is 12.4 Å². The molecule has 0 amide bonds. The third-order valence-electron chi connectivity index (χ3n) is 2.88. The molecule has 0 aromatic heterocycles. The molecule has 19 heavy (non-hydrogen) atoms. The van der Waals surface area contributed by atoms with Gasteiger partial charge in [0.25, 0.3) is 0 Å². The van der Waals surface area contributed by atoms with Crippen molar-refractivity contribution in [2.24, 2.45) is 0 Å². The predicted octanol–water partition coefficient (Wildman–Crippen LogP) is 2.33. The molecule has 1 atom stereocenters. The summed E-state index contributed by atoms with van der Waals surface area (Å²) in [5, 5.41) is 3.08. The summed E-state index contributed by atoms with van der Waals surface area (Å²) in [6.45, 7) is 0.537. The van der Waals surface area contributed by atoms with Crippen molar-refractivity contribution in [1.82, 2.24) is 5.32 Å². The Kier molecular flexibility index (Phi) is 4.66. The zero-order valence-electron chi connectivity index (χ0n) is 10.4. The van der Waals surface area contributed by atoms with E-state index in [0.717, 1.165) is 11.3 Å². The first-order chi connectivity index (χ1) is 9.06. The Labute approximate surface area is 109 Å². The number of para-hydroxylation sites is 1. The van der Waals surface area contributed by atoms with Gasteiger partial charge in [0, 0.05) is 24.6 Å². The van der Waals surface area contributed by atoms with Crippen LogP contribution < -0.4 is 10.1 Å². The van der Waals surface area contributed by atoms with Crippen molar-refractivity contribution in [3.05, 3.63) is 29.8 Å². The van der Waals surface area contributed by atoms with Crippen LogP contribution in [0.3, 0.4) is 0 Å². The third kappa shape index (κ3) is 4.40. The lowest BCUT2D eigenvalue weighted by Gasteiger charge is -2.11. The SMILES string of the molecule is FC(F)(F)COCCNCC1COc2ccccc21. The molecule has 2 rings (SSSR count). The van der Waals surface area contributed by atoms with E-state index in [1.165, 1.54) is 0 Å². The van der Waals surface area contributed by atoms with Crippen molar-refractivity contribution in [3.8, 4) is 5.75 Å². The van der Waals surface area contributed by atoms with Crippen LogP contribution in [-0.2, 0) is 4.74 Å². The van der Waals surface area contributed by atoms with E-state index in [1.807, 2.05) is 24.3 Å². The number of nitrogens with one attached hydrogen (secondary N) is 1. The zero-order valence-corrected chi connectivity index (χ0v) is 10.4. The second kappa shape index (κ2) is 6.25. The zero-order chi connectivity index (χ0) is 13.7. The number of hydrogen-bond donors (Lipinski definition) is 1. The molecule has 0 saturated carbocycles. The fourth-order valence-corrected chi connectivity index (χ4v) is 2.01. The number of halogens is 3. The molecule has 1 N–H and O–H groups in total. The minimum absolute atomic E-state index is 0.0503. The molecule has 0 spiro atoms. The fourth-order valence-electron chi connectivity index (χ4n) is 2.01. The Morgan fingerprint density at radius 2 is 2.11 bits per heavy atom. The summed E-state index contributed by atoms with van der Waals surface area (Å²) in [7, 11) is 0. The van der Waals surface area contributed by atoms with Gasteiger partial charge in [0.2, 0.25) is 0 Å². The molecule has 0 saturated heterocycles. The molecule has 106 valence electrons. The third-order valence-corrected chi connectivity index (χ3v) is 2.88. The van der Waals surface area contributed by atoms with E-state index < -0.39 is 12.8 Å². The predicted molar refractivity (Wildman–Crippen MR) is 64.4 cm³/mol. The Hall–Kier alpha value is -1.27. The largest absolute Gasteiger partial charge is 0.493 e. The Bertz CT molecular complexity index is 409. The lowest BCUT2D eigenvalue weighted by Crippen LogP contribution is -2.27. The van der Waals surface area contributed by atoms with E-state index in [4.69, 9.17) is 4.74 Å². The van der Waals surface area contributed by atoms with Gasteiger partial charge in [0.15, 0.2) is 0 Å². The van der Waals surface area contributed by atoms with E-state index in [9.17, 15) is 13.2 Å². The highest BCUT2D eigenvalue weighted by Crippen LogP contribution is 2.32. The number of alkyl halides is 3. The van der Waals surface area contributed by atoms with Crippen LogP contribution in [0.25, 0.3) is 0 Å². The van der Waals surface area contributed by atoms with Gasteiger partial charge < -0.3 is 14.8 Å². The Morgan fingerprint density at radius 3 is 2.89 bits per heavy atom. The summed E-state index contributed by atoms with van der Waals surface area (Å²) in [5.41, 5.74) is 1.14. The number of ether oxygens (including phenoxy) is 2. The number of benzene rings is 1. The van der Waals surface area contributed by atoms with Gasteiger partial charge in [-0.05, 0) is 6.07 Å². The summed E-state index contributed by atoms with van der Waals surface area (Å²) < 4.78 is 45.5. The average Bonchev–Trinajstić information content (AvgIpc) is 2.76. The van der Waals surface area contributed by atoms with Gasteiger partial charge in [-0.2, -0.15) is 13.2 Å². The first-order valence-electron chi connectivity index (χ1n) is 6.13. The maximum absolute atomic E-state index is 11.8. The van der Waals surface area contributed by atoms with Crippen molar-refractivity contribution >= 4 is 0 Å². The molecule has 0 bridgehead atoms. The van der Waals surface area contributed by atoms with Crippen molar-refractivity contribution < 1.29 is 22.6 Å². The van der Waals surface area contributed by atoms with Crippen LogP contribution in [-0.4, -0.2) is 39.1 Å². The second-order valence-corrected chi connectivity index (χ2v) is 4.42. The average molecular weight is 275 g/mol. The molecule has 3 nitrogen and oxygen atoms in total. The first-order valence-corrected chi connectivity index (χ1v) is 6.13. The fraction of sp³-hybridized carbons (Fsp3) is 0.538. The molecule has 1 aromatic carbocycles. The highest BCUT2D eigenvalue weighted by Gasteiger charge is 2.27. The van der Waals surface area contributed by atoms with Crippen LogP contribution in [0, 0.1) is 0 Å². The van der Waals surface area contributed by atoms with Crippen LogP contribution >= 0.6 is 0 Å². The standard InChI is InChI=1S/C13H16F3NO2/c14-13(15,16)9-18-6-5-17-7-10-8-19-12-4-2-1-3-11(10)12/h1-4,10,17H,5-9H2. The Balaban J connectivity index is 1.63. The normalized spacial score (nSPS) is 18.2. The monoisotopic (exact) mass is 275 g/mol. The summed E-state index contributed by atoms with van der Waals surface area (Å²) in [6.07, 6.45) is -4.25.